The number of nitrogens with one attached hydrogen (secondary N) is 1. The van der Waals surface area contributed by atoms with Crippen molar-refractivity contribution in [2.75, 3.05) is 6.54 Å². The van der Waals surface area contributed by atoms with Gasteiger partial charge in [0.15, 0.2) is 0 Å². The van der Waals surface area contributed by atoms with Gasteiger partial charge < -0.3 is 5.32 Å². The van der Waals surface area contributed by atoms with Gasteiger partial charge >= 0.3 is 0 Å². The van der Waals surface area contributed by atoms with Gasteiger partial charge in [-0.05, 0) is 25.5 Å². The molecule has 0 radical (unpaired) electrons. The highest BCUT2D eigenvalue weighted by Gasteiger charge is 2.07. The molecule has 5 heteroatoms. The molecule has 1 aromatic heterocycles. The van der Waals surface area contributed by atoms with Crippen molar-refractivity contribution >= 4 is 28.8 Å². The fraction of sp³-hybridized carbons (Fsp3) is 0.333. The summed E-state index contributed by atoms with van der Waals surface area (Å²) < 4.78 is 0. The minimum atomic E-state index is -0.0110. The maximum Gasteiger partial charge on any atom is 0.224 e. The van der Waals surface area contributed by atoms with Gasteiger partial charge in [-0.25, -0.2) is 4.98 Å². The van der Waals surface area contributed by atoms with Crippen LogP contribution in [0, 0.1) is 13.8 Å². The Morgan fingerprint density at radius 2 is 2.10 bits per heavy atom. The predicted molar refractivity (Wildman–Crippen MR) is 83.5 cm³/mol. The molecule has 0 aliphatic rings. The maximum absolute atomic E-state index is 11.8. The number of benzene rings is 1. The van der Waals surface area contributed by atoms with E-state index in [1.165, 1.54) is 4.88 Å². The fourth-order valence-corrected chi connectivity index (χ4v) is 2.97. The van der Waals surface area contributed by atoms with Crippen LogP contribution in [-0.2, 0) is 17.6 Å². The number of aromatic nitrogens is 1. The predicted octanol–water partition coefficient (Wildman–Crippen LogP) is 3.31. The maximum atomic E-state index is 11.8. The van der Waals surface area contributed by atoms with Gasteiger partial charge in [-0.3, -0.25) is 4.79 Å². The summed E-state index contributed by atoms with van der Waals surface area (Å²) in [6, 6.07) is 7.41. The van der Waals surface area contributed by atoms with Gasteiger partial charge in [-0.1, -0.05) is 29.8 Å². The lowest BCUT2D eigenvalue weighted by atomic mass is 10.1. The molecule has 1 heterocycles. The van der Waals surface area contributed by atoms with Crippen molar-refractivity contribution < 1.29 is 4.79 Å². The standard InChI is InChI=1S/C15H17ClN2OS/c1-10-11(2)20-15(18-10)7-8-17-14(19)9-12-5-3-4-6-13(12)16/h3-6H,7-9H2,1-2H3,(H,17,19). The van der Waals surface area contributed by atoms with Crippen molar-refractivity contribution in [1.82, 2.24) is 10.3 Å². The molecule has 1 amide bonds. The average Bonchev–Trinajstić information content (AvgIpc) is 2.71. The quantitative estimate of drug-likeness (QED) is 0.920. The van der Waals surface area contributed by atoms with E-state index in [1.807, 2.05) is 25.1 Å². The van der Waals surface area contributed by atoms with E-state index >= 15 is 0 Å². The van der Waals surface area contributed by atoms with Crippen LogP contribution < -0.4 is 5.32 Å². The van der Waals surface area contributed by atoms with E-state index in [-0.39, 0.29) is 5.91 Å². The van der Waals surface area contributed by atoms with Crippen molar-refractivity contribution in [2.24, 2.45) is 0 Å². The zero-order chi connectivity index (χ0) is 14.5. The molecule has 0 saturated carbocycles. The van der Waals surface area contributed by atoms with E-state index in [9.17, 15) is 4.79 Å². The molecule has 2 rings (SSSR count). The highest BCUT2D eigenvalue weighted by atomic mass is 35.5. The Bertz CT molecular complexity index is 590. The van der Waals surface area contributed by atoms with Crippen molar-refractivity contribution in [3.8, 4) is 0 Å². The van der Waals surface area contributed by atoms with Gasteiger partial charge in [0.05, 0.1) is 17.1 Å². The van der Waals surface area contributed by atoms with Crippen molar-refractivity contribution in [1.29, 1.82) is 0 Å². The Hall–Kier alpha value is -1.39. The second-order valence-electron chi connectivity index (χ2n) is 4.62. The number of halogens is 1. The number of amides is 1. The molecule has 0 saturated heterocycles. The van der Waals surface area contributed by atoms with Gasteiger partial charge in [-0.15, -0.1) is 11.3 Å². The van der Waals surface area contributed by atoms with Crippen LogP contribution in [0.25, 0.3) is 0 Å². The number of hydrogen-bond acceptors (Lipinski definition) is 3. The number of thiazole rings is 1. The molecule has 20 heavy (non-hydrogen) atoms. The number of aryl methyl sites for hydroxylation is 2. The second kappa shape index (κ2) is 6.86. The van der Waals surface area contributed by atoms with Gasteiger partial charge in [0, 0.05) is 22.9 Å². The number of nitrogens with zero attached hydrogens (tertiary/aromatic N) is 1. The topological polar surface area (TPSA) is 42.0 Å². The summed E-state index contributed by atoms with van der Waals surface area (Å²) in [4.78, 5) is 17.5. The molecule has 1 aromatic carbocycles. The summed E-state index contributed by atoms with van der Waals surface area (Å²) in [5.74, 6) is -0.0110. The summed E-state index contributed by atoms with van der Waals surface area (Å²) >= 11 is 7.72. The largest absolute Gasteiger partial charge is 0.355 e. The van der Waals surface area contributed by atoms with Crippen LogP contribution in [0.4, 0.5) is 0 Å². The van der Waals surface area contributed by atoms with Crippen LogP contribution in [0.5, 0.6) is 0 Å². The van der Waals surface area contributed by atoms with E-state index in [2.05, 4.69) is 17.2 Å². The Morgan fingerprint density at radius 3 is 2.75 bits per heavy atom. The van der Waals surface area contributed by atoms with E-state index in [0.717, 1.165) is 22.7 Å². The highest BCUT2D eigenvalue weighted by Crippen LogP contribution is 2.17. The molecule has 0 aliphatic carbocycles. The van der Waals surface area contributed by atoms with Crippen LogP contribution in [-0.4, -0.2) is 17.4 Å². The lowest BCUT2D eigenvalue weighted by molar-refractivity contribution is -0.120. The summed E-state index contributed by atoms with van der Waals surface area (Å²) in [7, 11) is 0. The van der Waals surface area contributed by atoms with E-state index in [1.54, 1.807) is 17.4 Å². The minimum absolute atomic E-state index is 0.0110. The van der Waals surface area contributed by atoms with Gasteiger partial charge in [0.2, 0.25) is 5.91 Å². The summed E-state index contributed by atoms with van der Waals surface area (Å²) in [5.41, 5.74) is 1.93. The van der Waals surface area contributed by atoms with Crippen LogP contribution >= 0.6 is 22.9 Å². The normalized spacial score (nSPS) is 10.6. The molecule has 2 aromatic rings. The van der Waals surface area contributed by atoms with Gasteiger partial charge in [0.1, 0.15) is 0 Å². The van der Waals surface area contributed by atoms with Gasteiger partial charge in [-0.2, -0.15) is 0 Å². The van der Waals surface area contributed by atoms with Crippen LogP contribution in [0.2, 0.25) is 5.02 Å². The molecular formula is C15H17ClN2OS. The molecule has 0 aliphatic heterocycles. The summed E-state index contributed by atoms with van der Waals surface area (Å²) in [6.07, 6.45) is 1.09. The number of carbonyl (C=O) groups excluding carboxylic acids is 1. The SMILES string of the molecule is Cc1nc(CCNC(=O)Cc2ccccc2Cl)sc1C. The first-order valence-corrected chi connectivity index (χ1v) is 7.68. The Labute approximate surface area is 128 Å². The molecule has 0 fully saturated rings. The van der Waals surface area contributed by atoms with E-state index in [4.69, 9.17) is 11.6 Å². The summed E-state index contributed by atoms with van der Waals surface area (Å²) in [6.45, 7) is 4.67. The molecular weight excluding hydrogens is 292 g/mol. The molecule has 1 N–H and O–H groups in total. The second-order valence-corrected chi connectivity index (χ2v) is 6.31. The zero-order valence-corrected chi connectivity index (χ0v) is 13.1. The third-order valence-electron chi connectivity index (χ3n) is 3.04. The van der Waals surface area contributed by atoms with Crippen molar-refractivity contribution in [3.05, 3.63) is 50.4 Å². The molecule has 0 bridgehead atoms. The molecule has 0 unspecified atom stereocenters. The lowest BCUT2D eigenvalue weighted by Crippen LogP contribution is -2.27. The Morgan fingerprint density at radius 1 is 1.35 bits per heavy atom. The third-order valence-corrected chi connectivity index (χ3v) is 4.54. The van der Waals surface area contributed by atoms with Crippen LogP contribution in [0.1, 0.15) is 21.1 Å². The number of rotatable bonds is 5. The molecule has 3 nitrogen and oxygen atoms in total. The summed E-state index contributed by atoms with van der Waals surface area (Å²) in [5, 5.41) is 4.61. The van der Waals surface area contributed by atoms with E-state index < -0.39 is 0 Å². The first kappa shape index (κ1) is 15.0. The number of hydrogen-bond donors (Lipinski definition) is 1. The minimum Gasteiger partial charge on any atom is -0.355 e. The number of carbonyl (C=O) groups is 1. The lowest BCUT2D eigenvalue weighted by Gasteiger charge is -2.05. The zero-order valence-electron chi connectivity index (χ0n) is 11.6. The Kier molecular flexibility index (Phi) is 5.15. The molecule has 0 atom stereocenters. The Balaban J connectivity index is 1.80. The van der Waals surface area contributed by atoms with Crippen LogP contribution in [0.3, 0.4) is 0 Å². The monoisotopic (exact) mass is 308 g/mol. The fourth-order valence-electron chi connectivity index (χ4n) is 1.83. The van der Waals surface area contributed by atoms with E-state index in [0.29, 0.717) is 18.0 Å². The molecule has 0 spiro atoms. The smallest absolute Gasteiger partial charge is 0.224 e. The van der Waals surface area contributed by atoms with Gasteiger partial charge in [0.25, 0.3) is 0 Å². The first-order chi connectivity index (χ1) is 9.56. The average molecular weight is 309 g/mol. The van der Waals surface area contributed by atoms with Crippen LogP contribution in [0.15, 0.2) is 24.3 Å². The highest BCUT2D eigenvalue weighted by molar-refractivity contribution is 7.11. The first-order valence-electron chi connectivity index (χ1n) is 6.49. The third kappa shape index (κ3) is 4.05. The van der Waals surface area contributed by atoms with Crippen molar-refractivity contribution in [3.63, 3.8) is 0 Å². The molecule has 106 valence electrons. The van der Waals surface area contributed by atoms with Crippen molar-refractivity contribution in [2.45, 2.75) is 26.7 Å².